The van der Waals surface area contributed by atoms with Crippen molar-refractivity contribution in [1.82, 2.24) is 5.32 Å². The highest BCUT2D eigenvalue weighted by Gasteiger charge is 2.51. The number of esters is 1. The molecule has 0 saturated heterocycles. The highest BCUT2D eigenvalue weighted by atomic mass is 16.6. The number of Topliss-reactive ketones (excluding diaryl/α,β-unsaturated/α-hetero) is 1. The smallest absolute Gasteiger partial charge is 0.408 e. The van der Waals surface area contributed by atoms with Gasteiger partial charge in [0.2, 0.25) is 11.4 Å². The summed E-state index contributed by atoms with van der Waals surface area (Å²) in [6.45, 7) is -0.0865. The quantitative estimate of drug-likeness (QED) is 0.375. The van der Waals surface area contributed by atoms with E-state index in [4.69, 9.17) is 20.9 Å². The van der Waals surface area contributed by atoms with Crippen molar-refractivity contribution in [2.45, 2.75) is 31.0 Å². The molecule has 2 rings (SSSR count). The summed E-state index contributed by atoms with van der Waals surface area (Å²) in [7, 11) is 1.08. The van der Waals surface area contributed by atoms with Crippen LogP contribution in [0.2, 0.25) is 0 Å². The Kier molecular flexibility index (Phi) is 8.27. The summed E-state index contributed by atoms with van der Waals surface area (Å²) in [5.74, 6) is -2.79. The maximum Gasteiger partial charge on any atom is 0.408 e. The van der Waals surface area contributed by atoms with Crippen LogP contribution in [0.25, 0.3) is 0 Å². The van der Waals surface area contributed by atoms with Crippen LogP contribution in [0.4, 0.5) is 4.79 Å². The number of primary amides is 1. The number of methoxy groups -OCH3 is 1. The van der Waals surface area contributed by atoms with E-state index in [9.17, 15) is 19.2 Å². The van der Waals surface area contributed by atoms with E-state index >= 15 is 0 Å². The number of nitrogens with one attached hydrogen (secondary N) is 1. The molecule has 2 amide bonds. The summed E-state index contributed by atoms with van der Waals surface area (Å²) in [6.07, 6.45) is -1.79. The molecule has 2 aromatic rings. The number of rotatable bonds is 10. The number of benzene rings is 2. The fourth-order valence-corrected chi connectivity index (χ4v) is 3.05. The lowest BCUT2D eigenvalue weighted by atomic mass is 9.82. The fourth-order valence-electron chi connectivity index (χ4n) is 3.05. The zero-order chi connectivity index (χ0) is 22.9. The summed E-state index contributed by atoms with van der Waals surface area (Å²) >= 11 is 0. The standard InChI is InChI=1S/C22H25N3O6/c1-30-20(28)22(13-15-8-4-2-5-9-15,19(27)17(23)12-18(24)26)25-21(29)31-14-16-10-6-3-7-11-16/h2-11,17H,12-14,23H2,1H3,(H2,24,26)(H,25,29)/t17-,22+/m0/s1. The van der Waals surface area contributed by atoms with E-state index in [1.54, 1.807) is 54.6 Å². The van der Waals surface area contributed by atoms with Gasteiger partial charge in [-0.1, -0.05) is 60.7 Å². The maximum atomic E-state index is 13.2. The molecule has 0 bridgehead atoms. The lowest BCUT2D eigenvalue weighted by Gasteiger charge is -2.32. The number of ketones is 1. The molecule has 0 fully saturated rings. The largest absolute Gasteiger partial charge is 0.467 e. The Bertz CT molecular complexity index is 919. The number of nitrogens with two attached hydrogens (primary N) is 2. The van der Waals surface area contributed by atoms with Gasteiger partial charge >= 0.3 is 12.1 Å². The third-order valence-corrected chi connectivity index (χ3v) is 4.55. The fraction of sp³-hybridized carbons (Fsp3) is 0.273. The number of amides is 2. The average molecular weight is 427 g/mol. The third kappa shape index (κ3) is 6.38. The van der Waals surface area contributed by atoms with Crippen molar-refractivity contribution in [3.63, 3.8) is 0 Å². The van der Waals surface area contributed by atoms with Crippen LogP contribution in [-0.4, -0.2) is 42.4 Å². The zero-order valence-electron chi connectivity index (χ0n) is 17.1. The molecule has 0 aliphatic rings. The van der Waals surface area contributed by atoms with Crippen LogP contribution in [0.1, 0.15) is 17.5 Å². The summed E-state index contributed by atoms with van der Waals surface area (Å²) < 4.78 is 10.0. The van der Waals surface area contributed by atoms with Gasteiger partial charge in [0.15, 0.2) is 5.78 Å². The molecular weight excluding hydrogens is 402 g/mol. The molecule has 31 heavy (non-hydrogen) atoms. The van der Waals surface area contributed by atoms with E-state index in [1.165, 1.54) is 0 Å². The molecule has 0 saturated carbocycles. The van der Waals surface area contributed by atoms with Crippen molar-refractivity contribution in [2.24, 2.45) is 11.5 Å². The number of carbonyl (C=O) groups is 4. The molecule has 0 unspecified atom stereocenters. The summed E-state index contributed by atoms with van der Waals surface area (Å²) in [5.41, 5.74) is 10.0. The Morgan fingerprint density at radius 1 is 0.968 bits per heavy atom. The molecule has 164 valence electrons. The summed E-state index contributed by atoms with van der Waals surface area (Å²) in [4.78, 5) is 49.9. The second kappa shape index (κ2) is 10.9. The van der Waals surface area contributed by atoms with E-state index in [0.717, 1.165) is 7.11 Å². The number of hydrogen-bond donors (Lipinski definition) is 3. The first-order valence-electron chi connectivity index (χ1n) is 9.48. The molecule has 9 heteroatoms. The lowest BCUT2D eigenvalue weighted by Crippen LogP contribution is -2.66. The van der Waals surface area contributed by atoms with Crippen LogP contribution < -0.4 is 16.8 Å². The molecule has 0 heterocycles. The van der Waals surface area contributed by atoms with Crippen molar-refractivity contribution >= 4 is 23.8 Å². The van der Waals surface area contributed by atoms with Gasteiger partial charge in [0, 0.05) is 12.8 Å². The van der Waals surface area contributed by atoms with Gasteiger partial charge in [0.05, 0.1) is 13.2 Å². The molecule has 0 aliphatic carbocycles. The summed E-state index contributed by atoms with van der Waals surface area (Å²) in [5, 5.41) is 2.34. The first-order chi connectivity index (χ1) is 14.8. The number of ether oxygens (including phenoxy) is 2. The zero-order valence-corrected chi connectivity index (χ0v) is 17.1. The predicted molar refractivity (Wildman–Crippen MR) is 111 cm³/mol. The number of carbonyl (C=O) groups excluding carboxylic acids is 4. The van der Waals surface area contributed by atoms with Crippen LogP contribution in [0.15, 0.2) is 60.7 Å². The van der Waals surface area contributed by atoms with Gasteiger partial charge < -0.3 is 20.9 Å². The van der Waals surface area contributed by atoms with E-state index < -0.39 is 41.8 Å². The van der Waals surface area contributed by atoms with Gasteiger partial charge in [0.25, 0.3) is 0 Å². The Balaban J connectivity index is 2.35. The minimum absolute atomic E-state index is 0.0865. The van der Waals surface area contributed by atoms with Crippen molar-refractivity contribution in [1.29, 1.82) is 0 Å². The minimum Gasteiger partial charge on any atom is -0.467 e. The lowest BCUT2D eigenvalue weighted by molar-refractivity contribution is -0.154. The molecule has 9 nitrogen and oxygen atoms in total. The molecule has 2 atom stereocenters. The van der Waals surface area contributed by atoms with E-state index in [1.807, 2.05) is 6.07 Å². The first kappa shape index (κ1) is 23.6. The monoisotopic (exact) mass is 427 g/mol. The minimum atomic E-state index is -2.21. The number of hydrogen-bond acceptors (Lipinski definition) is 7. The average Bonchev–Trinajstić information content (AvgIpc) is 2.77. The molecule has 2 aromatic carbocycles. The molecule has 0 aliphatic heterocycles. The summed E-state index contributed by atoms with van der Waals surface area (Å²) in [6, 6.07) is 15.9. The van der Waals surface area contributed by atoms with Crippen LogP contribution in [0.5, 0.6) is 0 Å². The van der Waals surface area contributed by atoms with E-state index in [0.29, 0.717) is 11.1 Å². The predicted octanol–water partition coefficient (Wildman–Crippen LogP) is 0.839. The van der Waals surface area contributed by atoms with Crippen LogP contribution in [-0.2, 0) is 36.9 Å². The van der Waals surface area contributed by atoms with Crippen molar-refractivity contribution in [3.8, 4) is 0 Å². The Hall–Kier alpha value is -3.72. The number of alkyl carbamates (subject to hydrolysis) is 1. The highest BCUT2D eigenvalue weighted by Crippen LogP contribution is 2.20. The van der Waals surface area contributed by atoms with Crippen LogP contribution in [0, 0.1) is 0 Å². The molecular formula is C22H25N3O6. The second-order valence-electron chi connectivity index (χ2n) is 6.89. The van der Waals surface area contributed by atoms with E-state index in [-0.39, 0.29) is 13.0 Å². The van der Waals surface area contributed by atoms with Crippen molar-refractivity contribution in [3.05, 3.63) is 71.8 Å². The van der Waals surface area contributed by atoms with Crippen molar-refractivity contribution in [2.75, 3.05) is 7.11 Å². The van der Waals surface area contributed by atoms with Gasteiger partial charge in [-0.25, -0.2) is 9.59 Å². The topological polar surface area (TPSA) is 151 Å². The van der Waals surface area contributed by atoms with Gasteiger partial charge in [-0.15, -0.1) is 0 Å². The van der Waals surface area contributed by atoms with Gasteiger partial charge in [0.1, 0.15) is 6.61 Å². The maximum absolute atomic E-state index is 13.2. The van der Waals surface area contributed by atoms with E-state index in [2.05, 4.69) is 5.32 Å². The van der Waals surface area contributed by atoms with Crippen LogP contribution in [0.3, 0.4) is 0 Å². The first-order valence-corrected chi connectivity index (χ1v) is 9.48. The SMILES string of the molecule is COC(=O)[C@](Cc1ccccc1)(NC(=O)OCc1ccccc1)C(=O)[C@@H](N)CC(N)=O. The molecule has 0 spiro atoms. The Morgan fingerprint density at radius 2 is 1.52 bits per heavy atom. The second-order valence-corrected chi connectivity index (χ2v) is 6.89. The highest BCUT2D eigenvalue weighted by molar-refractivity contribution is 6.13. The van der Waals surface area contributed by atoms with Gasteiger partial charge in [-0.05, 0) is 11.1 Å². The molecule has 5 N–H and O–H groups in total. The Morgan fingerprint density at radius 3 is 2.03 bits per heavy atom. The van der Waals surface area contributed by atoms with Crippen molar-refractivity contribution < 1.29 is 28.7 Å². The third-order valence-electron chi connectivity index (χ3n) is 4.55. The van der Waals surface area contributed by atoms with Crippen LogP contribution >= 0.6 is 0 Å². The Labute approximate surface area is 179 Å². The van der Waals surface area contributed by atoms with Gasteiger partial charge in [-0.3, -0.25) is 14.9 Å². The molecule has 0 radical (unpaired) electrons. The molecule has 0 aromatic heterocycles. The van der Waals surface area contributed by atoms with Gasteiger partial charge in [-0.2, -0.15) is 0 Å². The normalized spacial score (nSPS) is 13.4.